The molecule has 1 aromatic carbocycles. The highest BCUT2D eigenvalue weighted by molar-refractivity contribution is 9.10. The molecule has 0 atom stereocenters. The van der Waals surface area contributed by atoms with Gasteiger partial charge in [0.05, 0.1) is 13.2 Å². The second kappa shape index (κ2) is 6.67. The predicted octanol–water partition coefficient (Wildman–Crippen LogP) is 3.22. The van der Waals surface area contributed by atoms with Gasteiger partial charge in [0.2, 0.25) is 0 Å². The van der Waals surface area contributed by atoms with Gasteiger partial charge in [-0.2, -0.15) is 0 Å². The van der Waals surface area contributed by atoms with Crippen molar-refractivity contribution in [3.63, 3.8) is 0 Å². The van der Waals surface area contributed by atoms with Crippen LogP contribution in [0.4, 0.5) is 0 Å². The number of benzene rings is 1. The molecule has 0 heterocycles. The monoisotopic (exact) mass is 299 g/mol. The molecule has 0 spiro atoms. The second-order valence-electron chi connectivity index (χ2n) is 3.83. The Bertz CT molecular complexity index is 403. The highest BCUT2D eigenvalue weighted by Gasteiger charge is 2.12. The number of ether oxygens (including phenoxy) is 2. The maximum atomic E-state index is 5.78. The van der Waals surface area contributed by atoms with Crippen molar-refractivity contribution in [2.75, 3.05) is 13.7 Å². The van der Waals surface area contributed by atoms with E-state index in [0.717, 1.165) is 15.8 Å². The summed E-state index contributed by atoms with van der Waals surface area (Å²) < 4.78 is 12.1. The van der Waals surface area contributed by atoms with E-state index in [0.29, 0.717) is 12.3 Å². The topological polar surface area (TPSA) is 44.5 Å². The number of hydrogen-bond donors (Lipinski definition) is 1. The quantitative estimate of drug-likeness (QED) is 0.908. The molecular formula is C13H18BrNO2. The van der Waals surface area contributed by atoms with Gasteiger partial charge in [0.25, 0.3) is 0 Å². The fraction of sp³-hybridized carbons (Fsp3) is 0.385. The van der Waals surface area contributed by atoms with Gasteiger partial charge < -0.3 is 15.2 Å². The van der Waals surface area contributed by atoms with E-state index >= 15 is 0 Å². The fourth-order valence-electron chi connectivity index (χ4n) is 1.42. The van der Waals surface area contributed by atoms with Crippen LogP contribution >= 0.6 is 15.9 Å². The van der Waals surface area contributed by atoms with E-state index in [4.69, 9.17) is 15.2 Å². The lowest BCUT2D eigenvalue weighted by molar-refractivity contribution is 0.229. The minimum Gasteiger partial charge on any atom is -0.493 e. The maximum Gasteiger partial charge on any atom is 0.168 e. The summed E-state index contributed by atoms with van der Waals surface area (Å²) in [4.78, 5) is 0. The molecule has 0 amide bonds. The molecule has 94 valence electrons. The number of halogens is 1. The Balaban J connectivity index is 3.22. The van der Waals surface area contributed by atoms with Crippen molar-refractivity contribution in [3.05, 3.63) is 28.2 Å². The van der Waals surface area contributed by atoms with Crippen LogP contribution in [0.2, 0.25) is 0 Å². The summed E-state index contributed by atoms with van der Waals surface area (Å²) in [5, 5.41) is 0. The zero-order chi connectivity index (χ0) is 12.8. The minimum absolute atomic E-state index is 0.0927. The van der Waals surface area contributed by atoms with Crippen LogP contribution in [0, 0.1) is 0 Å². The van der Waals surface area contributed by atoms with Gasteiger partial charge in [0, 0.05) is 16.6 Å². The van der Waals surface area contributed by atoms with E-state index in [9.17, 15) is 0 Å². The van der Waals surface area contributed by atoms with Crippen molar-refractivity contribution in [2.24, 2.45) is 5.73 Å². The van der Waals surface area contributed by atoms with E-state index in [-0.39, 0.29) is 6.10 Å². The average molecular weight is 300 g/mol. The zero-order valence-corrected chi connectivity index (χ0v) is 12.0. The number of methoxy groups -OCH3 is 1. The summed E-state index contributed by atoms with van der Waals surface area (Å²) in [7, 11) is 1.63. The van der Waals surface area contributed by atoms with Crippen LogP contribution in [-0.2, 0) is 0 Å². The molecule has 0 aliphatic heterocycles. The van der Waals surface area contributed by atoms with Crippen molar-refractivity contribution in [1.29, 1.82) is 0 Å². The summed E-state index contributed by atoms with van der Waals surface area (Å²) >= 11 is 3.45. The van der Waals surface area contributed by atoms with E-state index in [1.54, 1.807) is 7.11 Å². The van der Waals surface area contributed by atoms with Crippen LogP contribution in [0.15, 0.2) is 22.7 Å². The lowest BCUT2D eigenvalue weighted by Crippen LogP contribution is -2.08. The molecular weight excluding hydrogens is 282 g/mol. The largest absolute Gasteiger partial charge is 0.493 e. The Morgan fingerprint density at radius 3 is 2.65 bits per heavy atom. The van der Waals surface area contributed by atoms with E-state index in [1.807, 2.05) is 38.1 Å². The van der Waals surface area contributed by atoms with E-state index in [2.05, 4.69) is 15.9 Å². The van der Waals surface area contributed by atoms with Gasteiger partial charge in [-0.1, -0.05) is 28.1 Å². The van der Waals surface area contributed by atoms with Gasteiger partial charge in [-0.05, 0) is 26.0 Å². The third-order valence-corrected chi connectivity index (χ3v) is 2.51. The first-order valence-corrected chi connectivity index (χ1v) is 6.28. The lowest BCUT2D eigenvalue weighted by Gasteiger charge is -2.16. The molecule has 0 radical (unpaired) electrons. The summed E-state index contributed by atoms with van der Waals surface area (Å²) in [6, 6.07) is 3.86. The minimum atomic E-state index is 0.0927. The van der Waals surface area contributed by atoms with Crippen molar-refractivity contribution in [1.82, 2.24) is 0 Å². The molecule has 0 saturated heterocycles. The number of rotatable bonds is 5. The Labute approximate surface area is 111 Å². The molecule has 0 saturated carbocycles. The first-order valence-electron chi connectivity index (χ1n) is 5.49. The second-order valence-corrected chi connectivity index (χ2v) is 4.75. The zero-order valence-electron chi connectivity index (χ0n) is 10.4. The Kier molecular flexibility index (Phi) is 5.51. The van der Waals surface area contributed by atoms with Crippen molar-refractivity contribution in [3.8, 4) is 11.5 Å². The highest BCUT2D eigenvalue weighted by atomic mass is 79.9. The predicted molar refractivity (Wildman–Crippen MR) is 74.5 cm³/mol. The normalized spacial score (nSPS) is 11.2. The Morgan fingerprint density at radius 2 is 2.12 bits per heavy atom. The first kappa shape index (κ1) is 14.1. The summed E-state index contributed by atoms with van der Waals surface area (Å²) in [5.41, 5.74) is 6.42. The Morgan fingerprint density at radius 1 is 1.41 bits per heavy atom. The molecule has 0 aliphatic rings. The average Bonchev–Trinajstić information content (AvgIpc) is 2.28. The molecule has 17 heavy (non-hydrogen) atoms. The smallest absolute Gasteiger partial charge is 0.168 e. The summed E-state index contributed by atoms with van der Waals surface area (Å²) in [5.74, 6) is 1.46. The van der Waals surface area contributed by atoms with Crippen LogP contribution in [0.25, 0.3) is 6.08 Å². The molecule has 3 nitrogen and oxygen atoms in total. The van der Waals surface area contributed by atoms with Gasteiger partial charge in [0.15, 0.2) is 11.5 Å². The molecule has 0 bridgehead atoms. The van der Waals surface area contributed by atoms with Gasteiger partial charge in [-0.3, -0.25) is 0 Å². The lowest BCUT2D eigenvalue weighted by atomic mass is 10.1. The first-order chi connectivity index (χ1) is 8.08. The van der Waals surface area contributed by atoms with Crippen molar-refractivity contribution >= 4 is 22.0 Å². The van der Waals surface area contributed by atoms with Crippen molar-refractivity contribution in [2.45, 2.75) is 20.0 Å². The molecule has 0 aliphatic carbocycles. The molecule has 0 unspecified atom stereocenters. The van der Waals surface area contributed by atoms with E-state index < -0.39 is 0 Å². The highest BCUT2D eigenvalue weighted by Crippen LogP contribution is 2.36. The molecule has 4 heteroatoms. The van der Waals surface area contributed by atoms with Crippen LogP contribution in [-0.4, -0.2) is 19.8 Å². The molecule has 0 aromatic heterocycles. The summed E-state index contributed by atoms with van der Waals surface area (Å²) in [6.45, 7) is 4.46. The molecule has 1 aromatic rings. The van der Waals surface area contributed by atoms with Gasteiger partial charge in [0.1, 0.15) is 0 Å². The standard InChI is InChI=1S/C13H18BrNO2/c1-9(2)17-13-10(5-4-6-15)7-11(14)8-12(13)16-3/h4-5,7-9H,6,15H2,1-3H3/b5-4+. The molecule has 1 rings (SSSR count). The van der Waals surface area contributed by atoms with Crippen LogP contribution in [0.1, 0.15) is 19.4 Å². The van der Waals surface area contributed by atoms with Crippen LogP contribution < -0.4 is 15.2 Å². The number of hydrogen-bond acceptors (Lipinski definition) is 3. The Hall–Kier alpha value is -1.00. The SMILES string of the molecule is COc1cc(Br)cc(/C=C/CN)c1OC(C)C. The van der Waals surface area contributed by atoms with Gasteiger partial charge in [-0.15, -0.1) is 0 Å². The van der Waals surface area contributed by atoms with E-state index in [1.165, 1.54) is 0 Å². The molecule has 2 N–H and O–H groups in total. The molecule has 0 fully saturated rings. The van der Waals surface area contributed by atoms with Gasteiger partial charge in [-0.25, -0.2) is 0 Å². The van der Waals surface area contributed by atoms with Crippen LogP contribution in [0.5, 0.6) is 11.5 Å². The number of nitrogens with two attached hydrogens (primary N) is 1. The fourth-order valence-corrected chi connectivity index (χ4v) is 1.88. The van der Waals surface area contributed by atoms with Crippen molar-refractivity contribution < 1.29 is 9.47 Å². The third-order valence-electron chi connectivity index (χ3n) is 2.06. The summed E-state index contributed by atoms with van der Waals surface area (Å²) in [6.07, 6.45) is 3.91. The van der Waals surface area contributed by atoms with Crippen LogP contribution in [0.3, 0.4) is 0 Å². The van der Waals surface area contributed by atoms with Gasteiger partial charge >= 0.3 is 0 Å². The third kappa shape index (κ3) is 4.06. The maximum absolute atomic E-state index is 5.78.